The van der Waals surface area contributed by atoms with Crippen LogP contribution in [0.25, 0.3) is 0 Å². The summed E-state index contributed by atoms with van der Waals surface area (Å²) in [5.41, 5.74) is 2.75. The Hall–Kier alpha value is -0.520. The zero-order chi connectivity index (χ0) is 8.43. The first-order valence-electron chi connectivity index (χ1n) is 4.44. The fraction of sp³-hybridized carbons (Fsp3) is 0.636. The summed E-state index contributed by atoms with van der Waals surface area (Å²) in [4.78, 5) is 0. The van der Waals surface area contributed by atoms with Gasteiger partial charge in [0, 0.05) is 0 Å². The summed E-state index contributed by atoms with van der Waals surface area (Å²) in [6, 6.07) is 0. The van der Waals surface area contributed by atoms with Gasteiger partial charge in [0.1, 0.15) is 0 Å². The molecule has 0 heteroatoms. The highest BCUT2D eigenvalue weighted by Gasteiger charge is 2.20. The minimum atomic E-state index is 0.721. The SMILES string of the molecule is C=C1CC(C(=C)C)CCC1C. The zero-order valence-corrected chi connectivity index (χ0v) is 7.69. The maximum absolute atomic E-state index is 4.09. The maximum Gasteiger partial charge on any atom is -0.0171 e. The van der Waals surface area contributed by atoms with Crippen LogP contribution in [0.3, 0.4) is 0 Å². The van der Waals surface area contributed by atoms with Gasteiger partial charge < -0.3 is 0 Å². The second kappa shape index (κ2) is 3.25. The molecular formula is C11H18. The minimum Gasteiger partial charge on any atom is -0.0998 e. The Balaban J connectivity index is 2.53. The summed E-state index contributed by atoms with van der Waals surface area (Å²) < 4.78 is 0. The molecule has 11 heavy (non-hydrogen) atoms. The summed E-state index contributed by atoms with van der Waals surface area (Å²) in [5.74, 6) is 1.46. The van der Waals surface area contributed by atoms with Gasteiger partial charge >= 0.3 is 0 Å². The fourth-order valence-electron chi connectivity index (χ4n) is 1.70. The highest BCUT2D eigenvalue weighted by atomic mass is 14.3. The second-order valence-corrected chi connectivity index (χ2v) is 3.88. The van der Waals surface area contributed by atoms with Gasteiger partial charge in [-0.2, -0.15) is 0 Å². The molecule has 1 fully saturated rings. The molecule has 0 radical (unpaired) electrons. The Morgan fingerprint density at radius 2 is 2.09 bits per heavy atom. The van der Waals surface area contributed by atoms with Gasteiger partial charge in [0.05, 0.1) is 0 Å². The molecule has 1 aliphatic carbocycles. The zero-order valence-electron chi connectivity index (χ0n) is 7.69. The molecule has 0 spiro atoms. The molecule has 0 nitrogen and oxygen atoms in total. The van der Waals surface area contributed by atoms with Gasteiger partial charge in [0.15, 0.2) is 0 Å². The summed E-state index contributed by atoms with van der Waals surface area (Å²) >= 11 is 0. The molecule has 2 atom stereocenters. The van der Waals surface area contributed by atoms with Crippen molar-refractivity contribution in [1.82, 2.24) is 0 Å². The van der Waals surface area contributed by atoms with Gasteiger partial charge in [-0.05, 0) is 38.0 Å². The van der Waals surface area contributed by atoms with E-state index in [1.54, 1.807) is 0 Å². The van der Waals surface area contributed by atoms with Crippen molar-refractivity contribution in [3.63, 3.8) is 0 Å². The van der Waals surface area contributed by atoms with Crippen LogP contribution in [-0.4, -0.2) is 0 Å². The highest BCUT2D eigenvalue weighted by Crippen LogP contribution is 2.34. The lowest BCUT2D eigenvalue weighted by atomic mass is 9.77. The lowest BCUT2D eigenvalue weighted by molar-refractivity contribution is 0.404. The van der Waals surface area contributed by atoms with E-state index < -0.39 is 0 Å². The van der Waals surface area contributed by atoms with Crippen LogP contribution < -0.4 is 0 Å². The molecule has 1 saturated carbocycles. The Labute approximate surface area is 70.0 Å². The Bertz CT molecular complexity index is 176. The Morgan fingerprint density at radius 1 is 1.45 bits per heavy atom. The molecule has 0 aromatic heterocycles. The van der Waals surface area contributed by atoms with Gasteiger partial charge in [-0.25, -0.2) is 0 Å². The largest absolute Gasteiger partial charge is 0.0998 e. The summed E-state index contributed by atoms with van der Waals surface area (Å²) in [6.07, 6.45) is 3.79. The van der Waals surface area contributed by atoms with Gasteiger partial charge in [0.25, 0.3) is 0 Å². The summed E-state index contributed by atoms with van der Waals surface area (Å²) in [6.45, 7) is 12.5. The topological polar surface area (TPSA) is 0 Å². The van der Waals surface area contributed by atoms with E-state index in [-0.39, 0.29) is 0 Å². The third-order valence-corrected chi connectivity index (χ3v) is 2.85. The van der Waals surface area contributed by atoms with Crippen molar-refractivity contribution < 1.29 is 0 Å². The normalized spacial score (nSPS) is 32.0. The first-order chi connectivity index (χ1) is 5.11. The molecule has 0 bridgehead atoms. The average Bonchev–Trinajstić information content (AvgIpc) is 1.94. The molecule has 62 valence electrons. The van der Waals surface area contributed by atoms with Crippen LogP contribution in [0.15, 0.2) is 24.3 Å². The monoisotopic (exact) mass is 150 g/mol. The number of allylic oxidation sites excluding steroid dienone is 2. The van der Waals surface area contributed by atoms with E-state index in [4.69, 9.17) is 0 Å². The maximum atomic E-state index is 4.09. The first kappa shape index (κ1) is 8.58. The standard InChI is InChI=1S/C11H18/c1-8(2)11-6-5-9(3)10(4)7-11/h9,11H,1,4-7H2,2-3H3. The number of hydrogen-bond donors (Lipinski definition) is 0. The van der Waals surface area contributed by atoms with Crippen molar-refractivity contribution >= 4 is 0 Å². The molecule has 0 amide bonds. The summed E-state index contributed by atoms with van der Waals surface area (Å²) in [7, 11) is 0. The first-order valence-corrected chi connectivity index (χ1v) is 4.44. The molecule has 0 N–H and O–H groups in total. The van der Waals surface area contributed by atoms with E-state index in [1.165, 1.54) is 30.4 Å². The van der Waals surface area contributed by atoms with Crippen molar-refractivity contribution in [2.24, 2.45) is 11.8 Å². The third kappa shape index (κ3) is 1.95. The number of rotatable bonds is 1. The quantitative estimate of drug-likeness (QED) is 0.501. The van der Waals surface area contributed by atoms with E-state index in [0.717, 1.165) is 11.8 Å². The van der Waals surface area contributed by atoms with E-state index in [0.29, 0.717) is 0 Å². The van der Waals surface area contributed by atoms with Crippen LogP contribution in [0.1, 0.15) is 33.1 Å². The molecule has 0 aliphatic heterocycles. The van der Waals surface area contributed by atoms with Crippen molar-refractivity contribution in [3.8, 4) is 0 Å². The predicted octanol–water partition coefficient (Wildman–Crippen LogP) is 3.55. The lowest BCUT2D eigenvalue weighted by Gasteiger charge is -2.28. The molecule has 0 aromatic rings. The van der Waals surface area contributed by atoms with Crippen molar-refractivity contribution in [3.05, 3.63) is 24.3 Å². The van der Waals surface area contributed by atoms with Gasteiger partial charge in [-0.1, -0.05) is 31.2 Å². The van der Waals surface area contributed by atoms with E-state index >= 15 is 0 Å². The van der Waals surface area contributed by atoms with Crippen LogP contribution in [-0.2, 0) is 0 Å². The van der Waals surface area contributed by atoms with Crippen molar-refractivity contribution in [2.75, 3.05) is 0 Å². The molecule has 1 rings (SSSR count). The molecule has 0 saturated heterocycles. The molecule has 0 heterocycles. The van der Waals surface area contributed by atoms with Crippen molar-refractivity contribution in [1.29, 1.82) is 0 Å². The van der Waals surface area contributed by atoms with Crippen LogP contribution in [0.4, 0.5) is 0 Å². The second-order valence-electron chi connectivity index (χ2n) is 3.88. The minimum absolute atomic E-state index is 0.721. The van der Waals surface area contributed by atoms with Gasteiger partial charge in [-0.3, -0.25) is 0 Å². The van der Waals surface area contributed by atoms with Crippen LogP contribution >= 0.6 is 0 Å². The van der Waals surface area contributed by atoms with E-state index in [1.807, 2.05) is 0 Å². The molecular weight excluding hydrogens is 132 g/mol. The van der Waals surface area contributed by atoms with Crippen LogP contribution in [0.2, 0.25) is 0 Å². The predicted molar refractivity (Wildman–Crippen MR) is 50.5 cm³/mol. The summed E-state index contributed by atoms with van der Waals surface area (Å²) in [5, 5.41) is 0. The van der Waals surface area contributed by atoms with Gasteiger partial charge in [-0.15, -0.1) is 0 Å². The van der Waals surface area contributed by atoms with E-state index in [9.17, 15) is 0 Å². The van der Waals surface area contributed by atoms with Crippen LogP contribution in [0.5, 0.6) is 0 Å². The fourth-order valence-corrected chi connectivity index (χ4v) is 1.70. The highest BCUT2D eigenvalue weighted by molar-refractivity contribution is 5.11. The molecule has 2 unspecified atom stereocenters. The smallest absolute Gasteiger partial charge is 0.0171 e. The molecule has 1 aliphatic rings. The van der Waals surface area contributed by atoms with Crippen LogP contribution in [0, 0.1) is 11.8 Å². The average molecular weight is 150 g/mol. The third-order valence-electron chi connectivity index (χ3n) is 2.85. The Morgan fingerprint density at radius 3 is 2.55 bits per heavy atom. The number of hydrogen-bond acceptors (Lipinski definition) is 0. The van der Waals surface area contributed by atoms with Gasteiger partial charge in [0.2, 0.25) is 0 Å². The lowest BCUT2D eigenvalue weighted by Crippen LogP contribution is -2.14. The Kier molecular flexibility index (Phi) is 2.53. The van der Waals surface area contributed by atoms with Crippen molar-refractivity contribution in [2.45, 2.75) is 33.1 Å². The molecule has 0 aromatic carbocycles. The van der Waals surface area contributed by atoms with E-state index in [2.05, 4.69) is 27.0 Å².